The molecule has 0 radical (unpaired) electrons. The number of hydrogen-bond donors (Lipinski definition) is 1. The molecule has 2 aromatic rings. The summed E-state index contributed by atoms with van der Waals surface area (Å²) in [5.41, 5.74) is 0.341. The molecule has 0 aliphatic carbocycles. The van der Waals surface area contributed by atoms with Gasteiger partial charge in [0.05, 0.1) is 17.3 Å². The molecule has 2 saturated heterocycles. The van der Waals surface area contributed by atoms with Gasteiger partial charge < -0.3 is 14.9 Å². The summed E-state index contributed by atoms with van der Waals surface area (Å²) >= 11 is 0. The molecule has 30 heavy (non-hydrogen) atoms. The Morgan fingerprint density at radius 2 is 1.90 bits per heavy atom. The zero-order chi connectivity index (χ0) is 21.6. The van der Waals surface area contributed by atoms with E-state index in [9.17, 15) is 23.1 Å². The number of likely N-dealkylation sites (tertiary alicyclic amines) is 1. The van der Waals surface area contributed by atoms with Crippen molar-refractivity contribution in [2.75, 3.05) is 24.5 Å². The summed E-state index contributed by atoms with van der Waals surface area (Å²) < 4.78 is 38.6. The lowest BCUT2D eigenvalue weighted by Crippen LogP contribution is -2.49. The second kappa shape index (κ2) is 7.45. The first-order chi connectivity index (χ1) is 14.1. The van der Waals surface area contributed by atoms with Crippen molar-refractivity contribution in [2.45, 2.75) is 38.9 Å². The first kappa shape index (κ1) is 20.4. The zero-order valence-electron chi connectivity index (χ0n) is 16.8. The Labute approximate surface area is 172 Å². The standard InChI is InChI=1S/C21H23F3N4O2/c1-12-9-19(28-8-6-14-5-7-27(13(2)29)11-17(14)28)25-26-20(12)16-4-3-15(10-18(16)30)21(22,23)24/h3-4,9-10,14,17,30H,5-8,11H2,1-2H3/t14-,17-/m0/s1. The van der Waals surface area contributed by atoms with E-state index in [4.69, 9.17) is 0 Å². The van der Waals surface area contributed by atoms with Crippen molar-refractivity contribution < 1.29 is 23.1 Å². The van der Waals surface area contributed by atoms with Crippen LogP contribution in [0.25, 0.3) is 11.3 Å². The minimum Gasteiger partial charge on any atom is -0.507 e. The molecule has 9 heteroatoms. The van der Waals surface area contributed by atoms with E-state index >= 15 is 0 Å². The molecule has 6 nitrogen and oxygen atoms in total. The molecular weight excluding hydrogens is 397 g/mol. The van der Waals surface area contributed by atoms with Gasteiger partial charge in [0.1, 0.15) is 5.75 Å². The number of aromatic hydroxyl groups is 1. The maximum atomic E-state index is 12.9. The summed E-state index contributed by atoms with van der Waals surface area (Å²) in [6.07, 6.45) is -2.54. The highest BCUT2D eigenvalue weighted by molar-refractivity contribution is 5.73. The topological polar surface area (TPSA) is 69.6 Å². The van der Waals surface area contributed by atoms with Crippen molar-refractivity contribution in [2.24, 2.45) is 5.92 Å². The number of anilines is 1. The number of aryl methyl sites for hydroxylation is 1. The second-order valence-corrected chi connectivity index (χ2v) is 8.03. The molecule has 0 saturated carbocycles. The average molecular weight is 420 g/mol. The Hall–Kier alpha value is -2.84. The molecule has 1 aromatic carbocycles. The van der Waals surface area contributed by atoms with Gasteiger partial charge in [-0.05, 0) is 55.5 Å². The Morgan fingerprint density at radius 1 is 1.17 bits per heavy atom. The Morgan fingerprint density at radius 3 is 2.53 bits per heavy atom. The number of hydrogen-bond acceptors (Lipinski definition) is 5. The molecule has 3 heterocycles. The lowest BCUT2D eigenvalue weighted by atomic mass is 9.92. The van der Waals surface area contributed by atoms with Gasteiger partial charge in [0.2, 0.25) is 5.91 Å². The number of benzene rings is 1. The molecule has 160 valence electrons. The van der Waals surface area contributed by atoms with Crippen LogP contribution in [0.4, 0.5) is 19.0 Å². The van der Waals surface area contributed by atoms with Gasteiger partial charge in [-0.15, -0.1) is 10.2 Å². The number of carbonyl (C=O) groups is 1. The molecule has 0 spiro atoms. The van der Waals surface area contributed by atoms with E-state index in [2.05, 4.69) is 15.1 Å². The summed E-state index contributed by atoms with van der Waals surface area (Å²) in [5, 5.41) is 18.7. The minimum absolute atomic E-state index is 0.0655. The normalized spacial score (nSPS) is 21.6. The number of nitrogens with zero attached hydrogens (tertiary/aromatic N) is 4. The number of phenols is 1. The summed E-state index contributed by atoms with van der Waals surface area (Å²) in [6.45, 7) is 5.62. The van der Waals surface area contributed by atoms with Crippen molar-refractivity contribution in [3.8, 4) is 17.0 Å². The number of amides is 1. The minimum atomic E-state index is -4.53. The van der Waals surface area contributed by atoms with Crippen LogP contribution >= 0.6 is 0 Å². The lowest BCUT2D eigenvalue weighted by molar-refractivity contribution is -0.137. The third kappa shape index (κ3) is 3.68. The number of aromatic nitrogens is 2. The maximum absolute atomic E-state index is 12.9. The number of phenolic OH excluding ortho intramolecular Hbond substituents is 1. The van der Waals surface area contributed by atoms with E-state index in [1.54, 1.807) is 13.8 Å². The van der Waals surface area contributed by atoms with Gasteiger partial charge in [0.15, 0.2) is 5.82 Å². The zero-order valence-corrected chi connectivity index (χ0v) is 16.8. The van der Waals surface area contributed by atoms with Gasteiger partial charge in [0, 0.05) is 32.1 Å². The maximum Gasteiger partial charge on any atom is 0.416 e. The quantitative estimate of drug-likeness (QED) is 0.804. The highest BCUT2D eigenvalue weighted by atomic mass is 19.4. The monoisotopic (exact) mass is 420 g/mol. The number of alkyl halides is 3. The van der Waals surface area contributed by atoms with Gasteiger partial charge >= 0.3 is 6.18 Å². The van der Waals surface area contributed by atoms with Gasteiger partial charge in [-0.3, -0.25) is 4.79 Å². The van der Waals surface area contributed by atoms with Gasteiger partial charge in [-0.1, -0.05) is 0 Å². The van der Waals surface area contributed by atoms with Crippen molar-refractivity contribution in [1.29, 1.82) is 0 Å². The molecule has 0 unspecified atom stereocenters. The van der Waals surface area contributed by atoms with E-state index in [-0.39, 0.29) is 17.5 Å². The summed E-state index contributed by atoms with van der Waals surface area (Å²) in [6, 6.07) is 4.87. The fourth-order valence-electron chi connectivity index (χ4n) is 4.50. The third-order valence-electron chi connectivity index (χ3n) is 6.15. The molecule has 4 rings (SSSR count). The molecule has 0 bridgehead atoms. The van der Waals surface area contributed by atoms with Crippen LogP contribution in [0.1, 0.15) is 30.9 Å². The fourth-order valence-corrected chi connectivity index (χ4v) is 4.50. The lowest BCUT2D eigenvalue weighted by Gasteiger charge is -2.38. The van der Waals surface area contributed by atoms with Crippen LogP contribution in [0.15, 0.2) is 24.3 Å². The molecule has 1 N–H and O–H groups in total. The SMILES string of the molecule is CC(=O)N1CC[C@H]2CCN(c3cc(C)c(-c4ccc(C(F)(F)F)cc4O)nn3)[C@H]2C1. The smallest absolute Gasteiger partial charge is 0.416 e. The number of halogens is 3. The number of piperidine rings is 1. The Bertz CT molecular complexity index is 979. The predicted molar refractivity (Wildman–Crippen MR) is 105 cm³/mol. The van der Waals surface area contributed by atoms with Crippen LogP contribution in [-0.2, 0) is 11.0 Å². The molecular formula is C21H23F3N4O2. The molecule has 2 aliphatic rings. The van der Waals surface area contributed by atoms with Gasteiger partial charge in [-0.25, -0.2) is 0 Å². The Kier molecular flexibility index (Phi) is 5.07. The van der Waals surface area contributed by atoms with Crippen LogP contribution < -0.4 is 4.90 Å². The van der Waals surface area contributed by atoms with Crippen LogP contribution in [0.2, 0.25) is 0 Å². The van der Waals surface area contributed by atoms with E-state index in [0.717, 1.165) is 32.0 Å². The van der Waals surface area contributed by atoms with Crippen molar-refractivity contribution in [3.05, 3.63) is 35.4 Å². The molecule has 2 atom stereocenters. The van der Waals surface area contributed by atoms with Gasteiger partial charge in [0.25, 0.3) is 0 Å². The molecule has 2 fully saturated rings. The van der Waals surface area contributed by atoms with Crippen molar-refractivity contribution >= 4 is 11.7 Å². The summed E-state index contributed by atoms with van der Waals surface area (Å²) in [7, 11) is 0. The van der Waals surface area contributed by atoms with Crippen molar-refractivity contribution in [3.63, 3.8) is 0 Å². The van der Waals surface area contributed by atoms with Gasteiger partial charge in [-0.2, -0.15) is 13.2 Å². The largest absolute Gasteiger partial charge is 0.507 e. The third-order valence-corrected chi connectivity index (χ3v) is 6.15. The number of fused-ring (bicyclic) bond motifs is 1. The van der Waals surface area contributed by atoms with Crippen LogP contribution in [0.5, 0.6) is 5.75 Å². The van der Waals surface area contributed by atoms with E-state index in [1.807, 2.05) is 11.0 Å². The molecule has 2 aliphatic heterocycles. The molecule has 1 aromatic heterocycles. The Balaban J connectivity index is 1.60. The van der Waals surface area contributed by atoms with Crippen LogP contribution in [0.3, 0.4) is 0 Å². The highest BCUT2D eigenvalue weighted by Gasteiger charge is 2.40. The average Bonchev–Trinajstić information content (AvgIpc) is 3.10. The van der Waals surface area contributed by atoms with Crippen LogP contribution in [0, 0.1) is 12.8 Å². The summed E-state index contributed by atoms with van der Waals surface area (Å²) in [5.74, 6) is 0.762. The predicted octanol–water partition coefficient (Wildman–Crippen LogP) is 3.62. The number of carbonyl (C=O) groups excluding carboxylic acids is 1. The highest BCUT2D eigenvalue weighted by Crippen LogP contribution is 2.38. The fraction of sp³-hybridized carbons (Fsp3) is 0.476. The van der Waals surface area contributed by atoms with E-state index in [1.165, 1.54) is 6.07 Å². The second-order valence-electron chi connectivity index (χ2n) is 8.03. The molecule has 1 amide bonds. The van der Waals surface area contributed by atoms with E-state index < -0.39 is 17.5 Å². The number of rotatable bonds is 2. The van der Waals surface area contributed by atoms with Crippen molar-refractivity contribution in [1.82, 2.24) is 15.1 Å². The first-order valence-electron chi connectivity index (χ1n) is 9.92. The van der Waals surface area contributed by atoms with Crippen LogP contribution in [-0.4, -0.2) is 51.8 Å². The van der Waals surface area contributed by atoms with E-state index in [0.29, 0.717) is 35.6 Å². The first-order valence-corrected chi connectivity index (χ1v) is 9.92. The summed E-state index contributed by atoms with van der Waals surface area (Å²) in [4.78, 5) is 15.8.